The third kappa shape index (κ3) is 3.90. The van der Waals surface area contributed by atoms with Crippen LogP contribution >= 0.6 is 0 Å². The van der Waals surface area contributed by atoms with Gasteiger partial charge in [0.15, 0.2) is 0 Å². The van der Waals surface area contributed by atoms with E-state index in [-0.39, 0.29) is 6.61 Å². The molecule has 0 spiro atoms. The molecule has 0 amide bonds. The molecule has 0 saturated heterocycles. The highest BCUT2D eigenvalue weighted by Crippen LogP contribution is 2.14. The summed E-state index contributed by atoms with van der Waals surface area (Å²) in [6, 6.07) is 10.3. The van der Waals surface area contributed by atoms with Gasteiger partial charge in [0, 0.05) is 13.0 Å². The number of hydrogen-bond acceptors (Lipinski definition) is 3. The van der Waals surface area contributed by atoms with Crippen molar-refractivity contribution in [1.29, 1.82) is 0 Å². The molecule has 108 valence electrons. The molecular weight excluding hydrogens is 250 g/mol. The van der Waals surface area contributed by atoms with Crippen LogP contribution < -0.4 is 0 Å². The van der Waals surface area contributed by atoms with Gasteiger partial charge in [-0.05, 0) is 12.0 Å². The number of aliphatic hydroxyl groups is 1. The van der Waals surface area contributed by atoms with Crippen LogP contribution in [0.2, 0.25) is 0 Å². The van der Waals surface area contributed by atoms with Gasteiger partial charge in [0.2, 0.25) is 0 Å². The van der Waals surface area contributed by atoms with Gasteiger partial charge in [-0.25, -0.2) is 4.68 Å². The first-order valence-corrected chi connectivity index (χ1v) is 7.41. The van der Waals surface area contributed by atoms with Crippen LogP contribution in [0.1, 0.15) is 49.6 Å². The second kappa shape index (κ2) is 7.80. The van der Waals surface area contributed by atoms with E-state index in [0.29, 0.717) is 5.69 Å². The summed E-state index contributed by atoms with van der Waals surface area (Å²) in [7, 11) is 0. The number of benzene rings is 1. The van der Waals surface area contributed by atoms with E-state index in [0.717, 1.165) is 25.1 Å². The summed E-state index contributed by atoms with van der Waals surface area (Å²) in [5, 5.41) is 17.7. The molecule has 0 aliphatic rings. The Labute approximate surface area is 120 Å². The van der Waals surface area contributed by atoms with Gasteiger partial charge < -0.3 is 5.11 Å². The highest BCUT2D eigenvalue weighted by atomic mass is 16.3. The zero-order chi connectivity index (χ0) is 14.2. The Balaban J connectivity index is 2.07. The number of hydrogen-bond donors (Lipinski definition) is 1. The molecule has 0 atom stereocenters. The molecule has 4 nitrogen and oxygen atoms in total. The minimum atomic E-state index is -0.0445. The third-order valence-electron chi connectivity index (χ3n) is 3.51. The molecule has 0 saturated carbocycles. The van der Waals surface area contributed by atoms with Gasteiger partial charge >= 0.3 is 0 Å². The predicted molar refractivity (Wildman–Crippen MR) is 79.3 cm³/mol. The summed E-state index contributed by atoms with van der Waals surface area (Å²) >= 11 is 0. The van der Waals surface area contributed by atoms with Crippen LogP contribution in [-0.4, -0.2) is 20.1 Å². The van der Waals surface area contributed by atoms with Gasteiger partial charge in [-0.15, -0.1) is 5.10 Å². The smallest absolute Gasteiger partial charge is 0.112 e. The fourth-order valence-electron chi connectivity index (χ4n) is 2.34. The third-order valence-corrected chi connectivity index (χ3v) is 3.51. The SMILES string of the molecule is CCCCCCn1nnc(CO)c1Cc1ccccc1. The Kier molecular flexibility index (Phi) is 5.74. The van der Waals surface area contributed by atoms with Crippen molar-refractivity contribution in [3.8, 4) is 0 Å². The first-order chi connectivity index (χ1) is 9.85. The van der Waals surface area contributed by atoms with Crippen LogP contribution in [0.25, 0.3) is 0 Å². The summed E-state index contributed by atoms with van der Waals surface area (Å²) < 4.78 is 1.95. The molecule has 4 heteroatoms. The lowest BCUT2D eigenvalue weighted by Crippen LogP contribution is -2.07. The molecule has 0 aliphatic heterocycles. The Morgan fingerprint density at radius 3 is 2.60 bits per heavy atom. The van der Waals surface area contributed by atoms with E-state index in [1.165, 1.54) is 24.8 Å². The molecule has 2 aromatic rings. The zero-order valence-corrected chi connectivity index (χ0v) is 12.1. The summed E-state index contributed by atoms with van der Waals surface area (Å²) in [5.74, 6) is 0. The van der Waals surface area contributed by atoms with Crippen LogP contribution in [0.4, 0.5) is 0 Å². The standard InChI is InChI=1S/C16H23N3O/c1-2-3-4-8-11-19-16(15(13-20)17-18-19)12-14-9-6-5-7-10-14/h5-7,9-10,20H,2-4,8,11-13H2,1H3. The quantitative estimate of drug-likeness (QED) is 0.752. The van der Waals surface area contributed by atoms with E-state index in [1.54, 1.807) is 0 Å². The number of aromatic nitrogens is 3. The Morgan fingerprint density at radius 1 is 1.10 bits per heavy atom. The van der Waals surface area contributed by atoms with Crippen molar-refractivity contribution >= 4 is 0 Å². The lowest BCUT2D eigenvalue weighted by atomic mass is 10.1. The van der Waals surface area contributed by atoms with Gasteiger partial charge in [0.1, 0.15) is 5.69 Å². The number of aliphatic hydroxyl groups excluding tert-OH is 1. The highest BCUT2D eigenvalue weighted by Gasteiger charge is 2.12. The van der Waals surface area contributed by atoms with E-state index in [2.05, 4.69) is 29.4 Å². The highest BCUT2D eigenvalue weighted by molar-refractivity contribution is 5.23. The van der Waals surface area contributed by atoms with Crippen LogP contribution in [0.15, 0.2) is 30.3 Å². The van der Waals surface area contributed by atoms with Crippen molar-refractivity contribution < 1.29 is 5.11 Å². The van der Waals surface area contributed by atoms with Gasteiger partial charge in [-0.2, -0.15) is 0 Å². The van der Waals surface area contributed by atoms with Crippen molar-refractivity contribution in [2.24, 2.45) is 0 Å². The summed E-state index contributed by atoms with van der Waals surface area (Å²) in [4.78, 5) is 0. The van der Waals surface area contributed by atoms with Crippen LogP contribution in [0.5, 0.6) is 0 Å². The van der Waals surface area contributed by atoms with Gasteiger partial charge in [0.05, 0.1) is 12.3 Å². The molecule has 0 radical (unpaired) electrons. The molecule has 1 heterocycles. The van der Waals surface area contributed by atoms with E-state index >= 15 is 0 Å². The Hall–Kier alpha value is -1.68. The van der Waals surface area contributed by atoms with Crippen molar-refractivity contribution in [3.63, 3.8) is 0 Å². The molecule has 0 unspecified atom stereocenters. The predicted octanol–water partition coefficient (Wildman–Crippen LogP) is 2.94. The normalized spacial score (nSPS) is 10.9. The van der Waals surface area contributed by atoms with Gasteiger partial charge in [0.25, 0.3) is 0 Å². The molecule has 0 aliphatic carbocycles. The zero-order valence-electron chi connectivity index (χ0n) is 12.1. The number of aryl methyl sites for hydroxylation is 1. The van der Waals surface area contributed by atoms with Crippen molar-refractivity contribution in [3.05, 3.63) is 47.3 Å². The van der Waals surface area contributed by atoms with Crippen molar-refractivity contribution in [2.75, 3.05) is 0 Å². The van der Waals surface area contributed by atoms with Gasteiger partial charge in [-0.3, -0.25) is 0 Å². The first-order valence-electron chi connectivity index (χ1n) is 7.41. The molecule has 1 aromatic heterocycles. The lowest BCUT2D eigenvalue weighted by Gasteiger charge is -2.07. The molecule has 0 fully saturated rings. The van der Waals surface area contributed by atoms with E-state index < -0.39 is 0 Å². The topological polar surface area (TPSA) is 50.9 Å². The Bertz CT molecular complexity index is 508. The minimum Gasteiger partial charge on any atom is -0.390 e. The number of unbranched alkanes of at least 4 members (excludes halogenated alkanes) is 3. The van der Waals surface area contributed by atoms with Crippen molar-refractivity contribution in [1.82, 2.24) is 15.0 Å². The maximum Gasteiger partial charge on any atom is 0.112 e. The van der Waals surface area contributed by atoms with Crippen LogP contribution in [-0.2, 0) is 19.6 Å². The monoisotopic (exact) mass is 273 g/mol. The molecule has 1 aromatic carbocycles. The maximum atomic E-state index is 9.40. The molecular formula is C16H23N3O. The number of nitrogens with zero attached hydrogens (tertiary/aromatic N) is 3. The molecule has 20 heavy (non-hydrogen) atoms. The van der Waals surface area contributed by atoms with Crippen LogP contribution in [0, 0.1) is 0 Å². The largest absolute Gasteiger partial charge is 0.390 e. The summed E-state index contributed by atoms with van der Waals surface area (Å²) in [6.07, 6.45) is 5.60. The second-order valence-corrected chi connectivity index (χ2v) is 5.09. The average Bonchev–Trinajstić information content (AvgIpc) is 2.87. The fraction of sp³-hybridized carbons (Fsp3) is 0.500. The fourth-order valence-corrected chi connectivity index (χ4v) is 2.34. The van der Waals surface area contributed by atoms with Crippen LogP contribution in [0.3, 0.4) is 0 Å². The van der Waals surface area contributed by atoms with Gasteiger partial charge in [-0.1, -0.05) is 61.7 Å². The second-order valence-electron chi connectivity index (χ2n) is 5.09. The molecule has 1 N–H and O–H groups in total. The lowest BCUT2D eigenvalue weighted by molar-refractivity contribution is 0.275. The molecule has 2 rings (SSSR count). The van der Waals surface area contributed by atoms with Crippen molar-refractivity contribution in [2.45, 2.75) is 52.2 Å². The first kappa shape index (κ1) is 14.7. The average molecular weight is 273 g/mol. The van der Waals surface area contributed by atoms with E-state index in [1.807, 2.05) is 22.9 Å². The number of rotatable bonds is 8. The Morgan fingerprint density at radius 2 is 1.90 bits per heavy atom. The minimum absolute atomic E-state index is 0.0445. The molecule has 0 bridgehead atoms. The summed E-state index contributed by atoms with van der Waals surface area (Å²) in [5.41, 5.74) is 2.96. The summed E-state index contributed by atoms with van der Waals surface area (Å²) in [6.45, 7) is 3.05. The van der Waals surface area contributed by atoms with E-state index in [9.17, 15) is 5.11 Å². The maximum absolute atomic E-state index is 9.40. The van der Waals surface area contributed by atoms with E-state index in [4.69, 9.17) is 0 Å².